The quantitative estimate of drug-likeness (QED) is 0.540. The van der Waals surface area contributed by atoms with E-state index in [0.29, 0.717) is 43.2 Å². The first-order chi connectivity index (χ1) is 18.0. The number of aromatic amines is 1. The summed E-state index contributed by atoms with van der Waals surface area (Å²) in [4.78, 5) is 21.2. The number of rotatable bonds is 4. The molecule has 7 rings (SSSR count). The van der Waals surface area contributed by atoms with E-state index in [9.17, 15) is 23.1 Å². The predicted molar refractivity (Wildman–Crippen MR) is 129 cm³/mol. The Labute approximate surface area is 216 Å². The fourth-order valence-corrected chi connectivity index (χ4v) is 6.23. The van der Waals surface area contributed by atoms with E-state index in [1.807, 2.05) is 21.9 Å². The fourth-order valence-electron chi connectivity index (χ4n) is 6.23. The van der Waals surface area contributed by atoms with Gasteiger partial charge in [0.15, 0.2) is 11.5 Å². The number of carbonyl (C=O) groups excluding carboxylic acids is 1. The van der Waals surface area contributed by atoms with E-state index in [1.54, 1.807) is 12.1 Å². The molecule has 4 aliphatic rings. The highest BCUT2D eigenvalue weighted by molar-refractivity contribution is 5.77. The molecule has 200 valence electrons. The summed E-state index contributed by atoms with van der Waals surface area (Å²) in [5.41, 5.74) is -0.0175. The lowest BCUT2D eigenvalue weighted by Crippen LogP contribution is -2.67. The van der Waals surface area contributed by atoms with Crippen molar-refractivity contribution in [3.8, 4) is 11.1 Å². The number of halogens is 3. The Morgan fingerprint density at radius 3 is 2.39 bits per heavy atom. The number of carbonyl (C=O) groups is 1. The van der Waals surface area contributed by atoms with Crippen molar-refractivity contribution in [3.05, 3.63) is 53.4 Å². The zero-order valence-electron chi connectivity index (χ0n) is 20.9. The molecule has 4 heterocycles. The molecule has 2 saturated heterocycles. The number of aryl methyl sites for hydroxylation is 1. The van der Waals surface area contributed by atoms with Gasteiger partial charge in [-0.15, -0.1) is 0 Å². The monoisotopic (exact) mass is 527 g/mol. The Kier molecular flexibility index (Phi) is 4.87. The summed E-state index contributed by atoms with van der Waals surface area (Å²) in [6, 6.07) is 7.13. The molecule has 0 radical (unpaired) electrons. The Hall–Kier alpha value is -3.41. The molecule has 2 amide bonds. The Balaban J connectivity index is 0.906. The zero-order chi connectivity index (χ0) is 26.4. The van der Waals surface area contributed by atoms with Gasteiger partial charge in [0.05, 0.1) is 0 Å². The van der Waals surface area contributed by atoms with Crippen molar-refractivity contribution in [2.24, 2.45) is 12.5 Å². The lowest BCUT2D eigenvalue weighted by Gasteiger charge is -2.59. The van der Waals surface area contributed by atoms with E-state index < -0.39 is 17.5 Å². The van der Waals surface area contributed by atoms with Gasteiger partial charge in [-0.1, -0.05) is 24.3 Å². The van der Waals surface area contributed by atoms with Gasteiger partial charge in [-0.2, -0.15) is 23.4 Å². The molecule has 2 aliphatic heterocycles. The molecule has 1 aromatic carbocycles. The van der Waals surface area contributed by atoms with Crippen LogP contribution in [0.15, 0.2) is 30.5 Å². The summed E-state index contributed by atoms with van der Waals surface area (Å²) in [6.07, 6.45) is 0.225. The third-order valence-corrected chi connectivity index (χ3v) is 8.65. The maximum absolute atomic E-state index is 13.3. The van der Waals surface area contributed by atoms with Gasteiger partial charge < -0.3 is 14.9 Å². The van der Waals surface area contributed by atoms with E-state index in [-0.39, 0.29) is 22.9 Å². The number of alkyl halides is 3. The normalized spacial score (nSPS) is 22.2. The van der Waals surface area contributed by atoms with Crippen molar-refractivity contribution in [2.45, 2.75) is 49.3 Å². The molecule has 0 unspecified atom stereocenters. The van der Waals surface area contributed by atoms with Gasteiger partial charge in [0.2, 0.25) is 0 Å². The number of hydrogen-bond donors (Lipinski definition) is 2. The first-order valence-electron chi connectivity index (χ1n) is 12.9. The average molecular weight is 528 g/mol. The number of aliphatic hydroxyl groups is 1. The summed E-state index contributed by atoms with van der Waals surface area (Å²) < 4.78 is 41.1. The first kappa shape index (κ1) is 23.7. The number of H-pyrrole nitrogens is 1. The van der Waals surface area contributed by atoms with E-state index in [1.165, 1.54) is 17.9 Å². The molecule has 2 saturated carbocycles. The summed E-state index contributed by atoms with van der Waals surface area (Å²) in [6.45, 7) is 2.70. The largest absolute Gasteiger partial charge is 0.435 e. The van der Waals surface area contributed by atoms with Crippen LogP contribution in [0.4, 0.5) is 18.0 Å². The van der Waals surface area contributed by atoms with Gasteiger partial charge in [-0.3, -0.25) is 9.78 Å². The molecule has 0 bridgehead atoms. The highest BCUT2D eigenvalue weighted by Crippen LogP contribution is 2.56. The van der Waals surface area contributed by atoms with Crippen LogP contribution in [0.1, 0.15) is 60.4 Å². The number of likely N-dealkylation sites (tertiary alicyclic amines) is 2. The van der Waals surface area contributed by atoms with E-state index in [2.05, 4.69) is 20.3 Å². The minimum Gasteiger partial charge on any atom is -0.382 e. The van der Waals surface area contributed by atoms with Crippen molar-refractivity contribution >= 4 is 6.03 Å². The molecule has 4 fully saturated rings. The predicted octanol–water partition coefficient (Wildman–Crippen LogP) is 3.60. The van der Waals surface area contributed by atoms with Crippen LogP contribution < -0.4 is 0 Å². The number of benzene rings is 1. The van der Waals surface area contributed by atoms with Crippen LogP contribution in [0.2, 0.25) is 0 Å². The molecule has 2 aliphatic carbocycles. The van der Waals surface area contributed by atoms with E-state index in [4.69, 9.17) is 0 Å². The molecule has 9 nitrogen and oxygen atoms in total. The number of amides is 2. The maximum Gasteiger partial charge on any atom is 0.435 e. The van der Waals surface area contributed by atoms with Crippen LogP contribution in [-0.4, -0.2) is 72.1 Å². The van der Waals surface area contributed by atoms with Crippen LogP contribution in [0.5, 0.6) is 0 Å². The maximum atomic E-state index is 13.3. The topological polar surface area (TPSA) is 103 Å². The van der Waals surface area contributed by atoms with Crippen LogP contribution in [0.25, 0.3) is 11.1 Å². The molecule has 3 aromatic rings. The van der Waals surface area contributed by atoms with Crippen molar-refractivity contribution in [1.29, 1.82) is 0 Å². The van der Waals surface area contributed by atoms with Crippen LogP contribution >= 0.6 is 0 Å². The van der Waals surface area contributed by atoms with Gasteiger partial charge in [-0.05, 0) is 36.8 Å². The molecular formula is C26H28F3N7O2. The Morgan fingerprint density at radius 2 is 1.76 bits per heavy atom. The summed E-state index contributed by atoms with van der Waals surface area (Å²) in [5.74, 6) is 1.81. The highest BCUT2D eigenvalue weighted by atomic mass is 19.4. The smallest absolute Gasteiger partial charge is 0.382 e. The lowest BCUT2D eigenvalue weighted by molar-refractivity contribution is -0.140. The molecular weight excluding hydrogens is 499 g/mol. The first-order valence-corrected chi connectivity index (χ1v) is 12.9. The molecule has 2 aromatic heterocycles. The van der Waals surface area contributed by atoms with Crippen molar-refractivity contribution in [1.82, 2.24) is 34.8 Å². The zero-order valence-corrected chi connectivity index (χ0v) is 20.9. The summed E-state index contributed by atoms with van der Waals surface area (Å²) >= 11 is 0. The minimum absolute atomic E-state index is 0.0510. The number of nitrogens with zero attached hydrogens (tertiary/aromatic N) is 6. The van der Waals surface area contributed by atoms with Crippen LogP contribution in [0, 0.1) is 5.41 Å². The molecule has 1 spiro atoms. The Bertz CT molecular complexity index is 1390. The summed E-state index contributed by atoms with van der Waals surface area (Å²) in [7, 11) is 1.48. The van der Waals surface area contributed by atoms with Gasteiger partial charge in [-0.25, -0.2) is 9.78 Å². The van der Waals surface area contributed by atoms with Crippen molar-refractivity contribution < 1.29 is 23.1 Å². The molecule has 38 heavy (non-hydrogen) atoms. The average Bonchev–Trinajstić information content (AvgIpc) is 3.17. The van der Waals surface area contributed by atoms with Gasteiger partial charge in [0, 0.05) is 62.2 Å². The molecule has 2 N–H and O–H groups in total. The van der Waals surface area contributed by atoms with Crippen molar-refractivity contribution in [2.75, 3.05) is 26.2 Å². The van der Waals surface area contributed by atoms with E-state index in [0.717, 1.165) is 37.3 Å². The SMILES string of the molecule is Cn1cc(-c2ccc(C3CN(C(=O)N4CC5(CC(c6nc(C7(O)CC7)n[nH]6)C5)C4)C3)cc2)c(C(F)(F)F)n1. The third kappa shape index (κ3) is 3.79. The van der Waals surface area contributed by atoms with Crippen molar-refractivity contribution in [3.63, 3.8) is 0 Å². The standard InChI is InChI=1S/C26H28F3N7O2/c1-34-12-19(20(33-34)26(27,28)29)16-4-2-15(3-5-16)18-10-35(11-18)23(37)36-13-24(14-36)8-17(9-24)21-30-22(32-31-21)25(38)6-7-25/h2-5,12,17-18,38H,6-11,13-14H2,1H3,(H,30,31,32). The second-order valence-corrected chi connectivity index (χ2v) is 11.6. The van der Waals surface area contributed by atoms with Crippen LogP contribution in [0.3, 0.4) is 0 Å². The Morgan fingerprint density at radius 1 is 1.08 bits per heavy atom. The molecule has 0 atom stereocenters. The second-order valence-electron chi connectivity index (χ2n) is 11.6. The number of hydrogen-bond acceptors (Lipinski definition) is 5. The fraction of sp³-hybridized carbons (Fsp3) is 0.538. The summed E-state index contributed by atoms with van der Waals surface area (Å²) in [5, 5.41) is 20.9. The number of aromatic nitrogens is 5. The molecule has 12 heteroatoms. The number of urea groups is 1. The second kappa shape index (κ2) is 7.81. The minimum atomic E-state index is -4.52. The number of nitrogens with one attached hydrogen (secondary N) is 1. The highest BCUT2D eigenvalue weighted by Gasteiger charge is 2.56. The van der Waals surface area contributed by atoms with Gasteiger partial charge in [0.25, 0.3) is 0 Å². The third-order valence-electron chi connectivity index (χ3n) is 8.65. The van der Waals surface area contributed by atoms with E-state index >= 15 is 0 Å². The lowest BCUT2D eigenvalue weighted by atomic mass is 9.57. The van der Waals surface area contributed by atoms with Gasteiger partial charge >= 0.3 is 12.2 Å². The van der Waals surface area contributed by atoms with Gasteiger partial charge in [0.1, 0.15) is 11.4 Å². The van der Waals surface area contributed by atoms with Crippen LogP contribution in [-0.2, 0) is 18.8 Å².